The smallest absolute Gasteiger partial charge is 0.287 e. The lowest BCUT2D eigenvalue weighted by Crippen LogP contribution is -2.34. The minimum atomic E-state index is -0.435. The summed E-state index contributed by atoms with van der Waals surface area (Å²) in [5, 5.41) is 5.89. The monoisotopic (exact) mass is 209 g/mol. The standard InChI is InChI=1S/C9H11N3O3/c1-2-11-12-8(13)6-10-9(14)7-4-3-5-15-7/h2-5H,6H2,1H3,(H,10,14)(H,12,13)/b11-2-. The maximum Gasteiger partial charge on any atom is 0.287 e. The lowest BCUT2D eigenvalue weighted by atomic mass is 10.4. The van der Waals surface area contributed by atoms with Gasteiger partial charge in [-0.2, -0.15) is 5.10 Å². The molecule has 0 saturated carbocycles. The molecule has 0 unspecified atom stereocenters. The number of carbonyl (C=O) groups excluding carboxylic acids is 2. The number of amides is 2. The molecule has 2 amide bonds. The van der Waals surface area contributed by atoms with Gasteiger partial charge in [0.05, 0.1) is 12.8 Å². The van der Waals surface area contributed by atoms with Crippen LogP contribution in [0.5, 0.6) is 0 Å². The van der Waals surface area contributed by atoms with E-state index < -0.39 is 11.8 Å². The Morgan fingerprint density at radius 3 is 3.00 bits per heavy atom. The predicted octanol–water partition coefficient (Wildman–Crippen LogP) is 0.131. The molecule has 2 N–H and O–H groups in total. The summed E-state index contributed by atoms with van der Waals surface area (Å²) in [6.45, 7) is 1.53. The summed E-state index contributed by atoms with van der Waals surface area (Å²) in [6, 6.07) is 3.10. The van der Waals surface area contributed by atoms with Gasteiger partial charge in [-0.25, -0.2) is 5.43 Å². The van der Waals surface area contributed by atoms with Gasteiger partial charge in [-0.15, -0.1) is 0 Å². The van der Waals surface area contributed by atoms with Crippen LogP contribution in [0, 0.1) is 0 Å². The summed E-state index contributed by atoms with van der Waals surface area (Å²) in [4.78, 5) is 22.3. The first kappa shape index (κ1) is 11.0. The van der Waals surface area contributed by atoms with E-state index in [1.807, 2.05) is 0 Å². The van der Waals surface area contributed by atoms with Crippen molar-refractivity contribution in [1.29, 1.82) is 0 Å². The van der Waals surface area contributed by atoms with Gasteiger partial charge < -0.3 is 9.73 Å². The second-order valence-corrected chi connectivity index (χ2v) is 2.58. The average Bonchev–Trinajstić information content (AvgIpc) is 2.76. The van der Waals surface area contributed by atoms with Crippen LogP contribution in [0.2, 0.25) is 0 Å². The number of carbonyl (C=O) groups is 2. The van der Waals surface area contributed by atoms with Crippen molar-refractivity contribution in [2.45, 2.75) is 6.92 Å². The fourth-order valence-electron chi connectivity index (χ4n) is 0.832. The number of hydrazone groups is 1. The molecular formula is C9H11N3O3. The number of rotatable bonds is 4. The summed E-state index contributed by atoms with van der Waals surface area (Å²) in [5.74, 6) is -0.662. The van der Waals surface area contributed by atoms with E-state index in [-0.39, 0.29) is 12.3 Å². The number of nitrogens with one attached hydrogen (secondary N) is 2. The largest absolute Gasteiger partial charge is 0.459 e. The molecule has 15 heavy (non-hydrogen) atoms. The van der Waals surface area contributed by atoms with Gasteiger partial charge in [-0.1, -0.05) is 0 Å². The van der Waals surface area contributed by atoms with E-state index >= 15 is 0 Å². The Labute approximate surface area is 86.3 Å². The summed E-state index contributed by atoms with van der Waals surface area (Å²) in [6.07, 6.45) is 2.82. The van der Waals surface area contributed by atoms with Crippen molar-refractivity contribution in [2.24, 2.45) is 5.10 Å². The van der Waals surface area contributed by atoms with Crippen molar-refractivity contribution in [3.8, 4) is 0 Å². The zero-order chi connectivity index (χ0) is 11.1. The number of hydrogen-bond acceptors (Lipinski definition) is 4. The van der Waals surface area contributed by atoms with Gasteiger partial charge in [0.2, 0.25) is 0 Å². The molecule has 0 spiro atoms. The van der Waals surface area contributed by atoms with Crippen LogP contribution in [0.4, 0.5) is 0 Å². The van der Waals surface area contributed by atoms with Crippen LogP contribution in [-0.4, -0.2) is 24.6 Å². The molecule has 1 aromatic rings. The molecule has 0 atom stereocenters. The highest BCUT2D eigenvalue weighted by molar-refractivity contribution is 5.94. The van der Waals surface area contributed by atoms with Crippen LogP contribution in [-0.2, 0) is 4.79 Å². The third-order valence-corrected chi connectivity index (χ3v) is 1.47. The molecule has 0 radical (unpaired) electrons. The van der Waals surface area contributed by atoms with Gasteiger partial charge in [0.1, 0.15) is 0 Å². The van der Waals surface area contributed by atoms with E-state index in [2.05, 4.69) is 15.8 Å². The Kier molecular flexibility index (Phi) is 4.08. The molecule has 0 aromatic carbocycles. The fourth-order valence-corrected chi connectivity index (χ4v) is 0.832. The van der Waals surface area contributed by atoms with Gasteiger partial charge in [-0.3, -0.25) is 9.59 Å². The molecule has 1 aromatic heterocycles. The van der Waals surface area contributed by atoms with Crippen molar-refractivity contribution >= 4 is 18.0 Å². The van der Waals surface area contributed by atoms with Crippen LogP contribution in [0.15, 0.2) is 27.9 Å². The van der Waals surface area contributed by atoms with Crippen molar-refractivity contribution in [3.05, 3.63) is 24.2 Å². The minimum Gasteiger partial charge on any atom is -0.459 e. The molecule has 6 nitrogen and oxygen atoms in total. The van der Waals surface area contributed by atoms with Crippen LogP contribution >= 0.6 is 0 Å². The third kappa shape index (κ3) is 3.63. The maximum atomic E-state index is 11.3. The van der Waals surface area contributed by atoms with Gasteiger partial charge >= 0.3 is 0 Å². The van der Waals surface area contributed by atoms with E-state index in [1.165, 1.54) is 18.5 Å². The zero-order valence-electron chi connectivity index (χ0n) is 8.19. The van der Waals surface area contributed by atoms with Crippen LogP contribution < -0.4 is 10.7 Å². The third-order valence-electron chi connectivity index (χ3n) is 1.47. The topological polar surface area (TPSA) is 83.7 Å². The Bertz CT molecular complexity index is 357. The molecule has 0 fully saturated rings. The summed E-state index contributed by atoms with van der Waals surface area (Å²) in [5.41, 5.74) is 2.22. The summed E-state index contributed by atoms with van der Waals surface area (Å²) >= 11 is 0. The number of hydrogen-bond donors (Lipinski definition) is 2. The Morgan fingerprint density at radius 2 is 2.40 bits per heavy atom. The van der Waals surface area contributed by atoms with Crippen LogP contribution in [0.1, 0.15) is 17.5 Å². The lowest BCUT2D eigenvalue weighted by molar-refractivity contribution is -0.120. The average molecular weight is 209 g/mol. The molecule has 0 aliphatic heterocycles. The van der Waals surface area contributed by atoms with Crippen molar-refractivity contribution in [3.63, 3.8) is 0 Å². The fraction of sp³-hybridized carbons (Fsp3) is 0.222. The molecule has 6 heteroatoms. The first-order valence-corrected chi connectivity index (χ1v) is 4.32. The van der Waals surface area contributed by atoms with E-state index in [4.69, 9.17) is 4.42 Å². The summed E-state index contributed by atoms with van der Waals surface area (Å²) < 4.78 is 4.84. The normalized spacial score (nSPS) is 10.2. The Hall–Kier alpha value is -2.11. The molecule has 1 heterocycles. The van der Waals surface area contributed by atoms with Crippen LogP contribution in [0.25, 0.3) is 0 Å². The van der Waals surface area contributed by atoms with E-state index in [0.717, 1.165) is 0 Å². The van der Waals surface area contributed by atoms with Gasteiger partial charge in [0, 0.05) is 6.21 Å². The van der Waals surface area contributed by atoms with Gasteiger partial charge in [-0.05, 0) is 19.1 Å². The van der Waals surface area contributed by atoms with Crippen molar-refractivity contribution in [1.82, 2.24) is 10.7 Å². The summed E-state index contributed by atoms with van der Waals surface area (Å²) in [7, 11) is 0. The van der Waals surface area contributed by atoms with E-state index in [1.54, 1.807) is 13.0 Å². The second-order valence-electron chi connectivity index (χ2n) is 2.58. The van der Waals surface area contributed by atoms with E-state index in [0.29, 0.717) is 0 Å². The highest BCUT2D eigenvalue weighted by Gasteiger charge is 2.09. The molecule has 0 bridgehead atoms. The van der Waals surface area contributed by atoms with Crippen molar-refractivity contribution in [2.75, 3.05) is 6.54 Å². The van der Waals surface area contributed by atoms with Gasteiger partial charge in [0.25, 0.3) is 11.8 Å². The first-order chi connectivity index (χ1) is 7.24. The SMILES string of the molecule is C/C=N\NC(=O)CNC(=O)c1ccco1. The highest BCUT2D eigenvalue weighted by Crippen LogP contribution is 1.98. The second kappa shape index (κ2) is 5.58. The molecule has 0 saturated heterocycles. The van der Waals surface area contributed by atoms with E-state index in [9.17, 15) is 9.59 Å². The molecule has 0 aliphatic carbocycles. The van der Waals surface area contributed by atoms with Crippen molar-refractivity contribution < 1.29 is 14.0 Å². The highest BCUT2D eigenvalue weighted by atomic mass is 16.3. The maximum absolute atomic E-state index is 11.3. The first-order valence-electron chi connectivity index (χ1n) is 4.32. The molecule has 1 rings (SSSR count). The zero-order valence-corrected chi connectivity index (χ0v) is 8.19. The Morgan fingerprint density at radius 1 is 1.60 bits per heavy atom. The minimum absolute atomic E-state index is 0.142. The Balaban J connectivity index is 2.31. The number of furan rings is 1. The molecule has 80 valence electrons. The number of nitrogens with zero attached hydrogens (tertiary/aromatic N) is 1. The lowest BCUT2D eigenvalue weighted by Gasteiger charge is -2.01. The van der Waals surface area contributed by atoms with Crippen LogP contribution in [0.3, 0.4) is 0 Å². The van der Waals surface area contributed by atoms with Gasteiger partial charge in [0.15, 0.2) is 5.76 Å². The predicted molar refractivity (Wildman–Crippen MR) is 53.3 cm³/mol. The molecule has 0 aliphatic rings. The molecular weight excluding hydrogens is 198 g/mol. The quantitative estimate of drug-likeness (QED) is 0.546.